The van der Waals surface area contributed by atoms with Gasteiger partial charge in [0.05, 0.1) is 17.9 Å². The molecule has 3 rings (SSSR count). The molecule has 1 saturated carbocycles. The summed E-state index contributed by atoms with van der Waals surface area (Å²) in [5, 5.41) is 10.1. The molecule has 0 unspecified atom stereocenters. The molecule has 0 aromatic heterocycles. The van der Waals surface area contributed by atoms with E-state index in [1.54, 1.807) is 0 Å². The minimum atomic E-state index is -1.37. The van der Waals surface area contributed by atoms with E-state index in [-0.39, 0.29) is 29.6 Å². The number of carbonyl (C=O) groups is 1. The quantitative estimate of drug-likeness (QED) is 0.584. The van der Waals surface area contributed by atoms with Gasteiger partial charge in [0.2, 0.25) is 0 Å². The monoisotopic (exact) mass is 230 g/mol. The van der Waals surface area contributed by atoms with Crippen LogP contribution in [0.2, 0.25) is 0 Å². The fourth-order valence-corrected chi connectivity index (χ4v) is 2.82. The second-order valence-electron chi connectivity index (χ2n) is 4.17. The Morgan fingerprint density at radius 3 is 2.93 bits per heavy atom. The molecule has 0 aromatic carbocycles. The molecule has 0 radical (unpaired) electrons. The van der Waals surface area contributed by atoms with Gasteiger partial charge in [-0.05, 0) is 13.3 Å². The molecular weight excluding hydrogens is 216 g/mol. The van der Waals surface area contributed by atoms with Crippen molar-refractivity contribution in [2.75, 3.05) is 12.5 Å². The summed E-state index contributed by atoms with van der Waals surface area (Å²) < 4.78 is 5.50. The number of ketones is 1. The number of hydrogen-bond donors (Lipinski definition) is 1. The molecule has 0 heterocycles. The van der Waals surface area contributed by atoms with Crippen molar-refractivity contribution in [2.24, 2.45) is 11.8 Å². The molecule has 3 nitrogen and oxygen atoms in total. The Hall–Kier alpha value is -0.380. The highest BCUT2D eigenvalue weighted by Crippen LogP contribution is 2.42. The second-order valence-corrected chi connectivity index (χ2v) is 4.44. The van der Waals surface area contributed by atoms with Crippen LogP contribution in [-0.4, -0.2) is 35.1 Å². The predicted molar refractivity (Wildman–Crippen MR) is 56.8 cm³/mol. The van der Waals surface area contributed by atoms with Gasteiger partial charge in [-0.25, -0.2) is 0 Å². The smallest absolute Gasteiger partial charge is 0.175 e. The summed E-state index contributed by atoms with van der Waals surface area (Å²) in [6, 6.07) is 0. The Bertz CT molecular complexity index is 302. The van der Waals surface area contributed by atoms with Crippen LogP contribution in [0, 0.1) is 11.8 Å². The third kappa shape index (κ3) is 1.53. The van der Waals surface area contributed by atoms with Gasteiger partial charge in [-0.3, -0.25) is 4.79 Å². The lowest BCUT2D eigenvalue weighted by molar-refractivity contribution is -0.158. The zero-order valence-corrected chi connectivity index (χ0v) is 9.41. The molecule has 3 aliphatic rings. The number of halogens is 1. The van der Waals surface area contributed by atoms with Crippen molar-refractivity contribution in [3.05, 3.63) is 12.2 Å². The first-order valence-corrected chi connectivity index (χ1v) is 5.79. The first-order valence-electron chi connectivity index (χ1n) is 5.26. The molecule has 0 spiro atoms. The van der Waals surface area contributed by atoms with E-state index in [9.17, 15) is 9.90 Å². The van der Waals surface area contributed by atoms with Crippen LogP contribution in [0.4, 0.5) is 0 Å². The number of aliphatic hydroxyl groups is 1. The van der Waals surface area contributed by atoms with Crippen molar-refractivity contribution in [1.29, 1.82) is 0 Å². The zero-order valence-electron chi connectivity index (χ0n) is 8.65. The predicted octanol–water partition coefficient (Wildman–Crippen LogP) is 1.14. The fourth-order valence-electron chi connectivity index (χ4n) is 2.49. The lowest BCUT2D eigenvalue weighted by Crippen LogP contribution is -2.59. The van der Waals surface area contributed by atoms with E-state index in [0.717, 1.165) is 0 Å². The van der Waals surface area contributed by atoms with Gasteiger partial charge in [0, 0.05) is 12.5 Å². The van der Waals surface area contributed by atoms with Crippen molar-refractivity contribution in [1.82, 2.24) is 0 Å². The summed E-state index contributed by atoms with van der Waals surface area (Å²) in [5.41, 5.74) is -1.37. The second kappa shape index (κ2) is 3.89. The van der Waals surface area contributed by atoms with Crippen molar-refractivity contribution < 1.29 is 14.6 Å². The average molecular weight is 231 g/mol. The Balaban J connectivity index is 2.25. The van der Waals surface area contributed by atoms with Crippen LogP contribution in [0.3, 0.4) is 0 Å². The van der Waals surface area contributed by atoms with E-state index >= 15 is 0 Å². The largest absolute Gasteiger partial charge is 0.380 e. The van der Waals surface area contributed by atoms with Gasteiger partial charge in [-0.2, -0.15) is 0 Å². The molecule has 1 N–H and O–H groups in total. The number of ether oxygens (including phenoxy) is 1. The van der Waals surface area contributed by atoms with Gasteiger partial charge in [-0.15, -0.1) is 11.6 Å². The van der Waals surface area contributed by atoms with Gasteiger partial charge >= 0.3 is 0 Å². The van der Waals surface area contributed by atoms with E-state index < -0.39 is 5.60 Å². The minimum absolute atomic E-state index is 0.0316. The minimum Gasteiger partial charge on any atom is -0.380 e. The number of alkyl halides is 1. The van der Waals surface area contributed by atoms with Gasteiger partial charge < -0.3 is 9.84 Å². The van der Waals surface area contributed by atoms with Crippen molar-refractivity contribution >= 4 is 17.4 Å². The third-order valence-electron chi connectivity index (χ3n) is 3.36. The summed E-state index contributed by atoms with van der Waals surface area (Å²) >= 11 is 5.69. The van der Waals surface area contributed by atoms with Crippen LogP contribution >= 0.6 is 11.6 Å². The first kappa shape index (κ1) is 11.1. The van der Waals surface area contributed by atoms with E-state index in [2.05, 4.69) is 0 Å². The SMILES string of the molecule is CCO[C@H]1C[C@H]2C=C[C@@H]1C(=O)[C@]2(O)CCl. The van der Waals surface area contributed by atoms with E-state index in [0.29, 0.717) is 13.0 Å². The molecule has 84 valence electrons. The number of rotatable bonds is 3. The van der Waals surface area contributed by atoms with Crippen LogP contribution < -0.4 is 0 Å². The Morgan fingerprint density at radius 2 is 2.40 bits per heavy atom. The van der Waals surface area contributed by atoms with Crippen molar-refractivity contribution in [2.45, 2.75) is 25.0 Å². The summed E-state index contributed by atoms with van der Waals surface area (Å²) in [4.78, 5) is 12.0. The van der Waals surface area contributed by atoms with Crippen LogP contribution in [0.5, 0.6) is 0 Å². The molecule has 4 atom stereocenters. The van der Waals surface area contributed by atoms with Gasteiger partial charge in [0.1, 0.15) is 5.60 Å². The van der Waals surface area contributed by atoms with Crippen LogP contribution in [0.15, 0.2) is 12.2 Å². The lowest BCUT2D eigenvalue weighted by Gasteiger charge is -2.46. The maximum atomic E-state index is 12.0. The number of Topliss-reactive ketones (excluding diaryl/α,β-unsaturated/α-hetero) is 1. The summed E-state index contributed by atoms with van der Waals surface area (Å²) in [6.07, 6.45) is 4.34. The number of hydrogen-bond acceptors (Lipinski definition) is 3. The van der Waals surface area contributed by atoms with Crippen molar-refractivity contribution in [3.8, 4) is 0 Å². The maximum Gasteiger partial charge on any atom is 0.175 e. The van der Waals surface area contributed by atoms with Gasteiger partial charge in [0.15, 0.2) is 5.78 Å². The molecule has 3 aliphatic carbocycles. The molecule has 0 saturated heterocycles. The number of fused-ring (bicyclic) bond motifs is 2. The first-order chi connectivity index (χ1) is 7.13. The molecule has 1 fully saturated rings. The van der Waals surface area contributed by atoms with Crippen LogP contribution in [0.25, 0.3) is 0 Å². The highest BCUT2D eigenvalue weighted by molar-refractivity contribution is 6.21. The normalized spacial score (nSPS) is 43.7. The average Bonchev–Trinajstić information content (AvgIpc) is 2.26. The van der Waals surface area contributed by atoms with Gasteiger partial charge in [-0.1, -0.05) is 12.2 Å². The molecule has 4 heteroatoms. The molecule has 2 bridgehead atoms. The molecule has 0 aliphatic heterocycles. The molecular formula is C11H15ClO3. The lowest BCUT2D eigenvalue weighted by atomic mass is 9.64. The van der Waals surface area contributed by atoms with Crippen LogP contribution in [-0.2, 0) is 9.53 Å². The third-order valence-corrected chi connectivity index (χ3v) is 3.77. The van der Waals surface area contributed by atoms with Gasteiger partial charge in [0.25, 0.3) is 0 Å². The standard InChI is InChI=1S/C11H15ClO3/c1-2-15-9-5-7-3-4-8(9)10(13)11(7,14)6-12/h3-4,7-9,14H,2,5-6H2,1H3/t7-,8+,9+,11+/m1/s1. The highest BCUT2D eigenvalue weighted by atomic mass is 35.5. The number of carbonyl (C=O) groups excluding carboxylic acids is 1. The summed E-state index contributed by atoms with van der Waals surface area (Å²) in [7, 11) is 0. The highest BCUT2D eigenvalue weighted by Gasteiger charge is 2.54. The molecule has 15 heavy (non-hydrogen) atoms. The summed E-state index contributed by atoms with van der Waals surface area (Å²) in [5.74, 6) is -0.728. The molecule has 0 aromatic rings. The summed E-state index contributed by atoms with van der Waals surface area (Å²) in [6.45, 7) is 2.50. The van der Waals surface area contributed by atoms with Crippen molar-refractivity contribution in [3.63, 3.8) is 0 Å². The van der Waals surface area contributed by atoms with Crippen LogP contribution in [0.1, 0.15) is 13.3 Å². The van der Waals surface area contributed by atoms with E-state index in [1.165, 1.54) is 0 Å². The zero-order chi connectivity index (χ0) is 11.1. The Labute approximate surface area is 94.1 Å². The maximum absolute atomic E-state index is 12.0. The van der Waals surface area contributed by atoms with E-state index in [4.69, 9.17) is 16.3 Å². The Morgan fingerprint density at radius 1 is 1.67 bits per heavy atom. The molecule has 0 amide bonds. The Kier molecular flexibility index (Phi) is 2.88. The topological polar surface area (TPSA) is 46.5 Å². The fraction of sp³-hybridized carbons (Fsp3) is 0.727. The van der Waals surface area contributed by atoms with E-state index in [1.807, 2.05) is 19.1 Å².